The van der Waals surface area contributed by atoms with E-state index < -0.39 is 5.97 Å². The van der Waals surface area contributed by atoms with Gasteiger partial charge in [-0.05, 0) is 36.1 Å². The third kappa shape index (κ3) is 4.20. The van der Waals surface area contributed by atoms with E-state index >= 15 is 0 Å². The number of carboxylic acids is 1. The molecule has 0 bridgehead atoms. The van der Waals surface area contributed by atoms with Crippen molar-refractivity contribution in [1.82, 2.24) is 0 Å². The van der Waals surface area contributed by atoms with Gasteiger partial charge in [0.25, 0.3) is 0 Å². The van der Waals surface area contributed by atoms with Crippen LogP contribution in [-0.2, 0) is 4.79 Å². The number of carbonyl (C=O) groups excluding carboxylic acids is 1. The molecule has 0 saturated carbocycles. The van der Waals surface area contributed by atoms with Crippen LogP contribution in [0.5, 0.6) is 0 Å². The highest BCUT2D eigenvalue weighted by atomic mass is 16.4. The van der Waals surface area contributed by atoms with E-state index in [4.69, 9.17) is 5.11 Å². The van der Waals surface area contributed by atoms with Gasteiger partial charge in [-0.25, -0.2) is 4.79 Å². The molecule has 1 amide bonds. The van der Waals surface area contributed by atoms with Gasteiger partial charge in [0.2, 0.25) is 5.91 Å². The van der Waals surface area contributed by atoms with E-state index in [1.54, 1.807) is 12.1 Å². The number of nitrogens with one attached hydrogen (secondary N) is 1. The van der Waals surface area contributed by atoms with Crippen LogP contribution in [0.2, 0.25) is 0 Å². The predicted molar refractivity (Wildman–Crippen MR) is 70.7 cm³/mol. The Labute approximate surface area is 107 Å². The molecule has 0 aliphatic rings. The molecule has 1 aromatic rings. The summed E-state index contributed by atoms with van der Waals surface area (Å²) in [5, 5.41) is 11.5. The van der Waals surface area contributed by atoms with Gasteiger partial charge < -0.3 is 10.4 Å². The number of anilines is 1. The van der Waals surface area contributed by atoms with Gasteiger partial charge in [-0.3, -0.25) is 4.79 Å². The van der Waals surface area contributed by atoms with Crippen molar-refractivity contribution in [3.63, 3.8) is 0 Å². The lowest BCUT2D eigenvalue weighted by molar-refractivity contribution is -0.117. The molecule has 0 aliphatic heterocycles. The largest absolute Gasteiger partial charge is 0.478 e. The van der Waals surface area contributed by atoms with E-state index in [-0.39, 0.29) is 11.5 Å². The third-order valence-corrected chi connectivity index (χ3v) is 3.06. The van der Waals surface area contributed by atoms with Crippen LogP contribution in [0, 0.1) is 11.8 Å². The molecule has 18 heavy (non-hydrogen) atoms. The van der Waals surface area contributed by atoms with Crippen molar-refractivity contribution in [3.05, 3.63) is 29.8 Å². The summed E-state index contributed by atoms with van der Waals surface area (Å²) in [6.45, 7) is 6.21. The molecule has 4 nitrogen and oxygen atoms in total. The van der Waals surface area contributed by atoms with E-state index in [1.807, 2.05) is 6.92 Å². The summed E-state index contributed by atoms with van der Waals surface area (Å²) in [4.78, 5) is 22.4. The minimum atomic E-state index is -0.971. The summed E-state index contributed by atoms with van der Waals surface area (Å²) in [5.41, 5.74) is 0.838. The molecule has 0 radical (unpaired) electrons. The Morgan fingerprint density at radius 1 is 1.17 bits per heavy atom. The van der Waals surface area contributed by atoms with Gasteiger partial charge in [0.1, 0.15) is 0 Å². The molecule has 1 aromatic carbocycles. The van der Waals surface area contributed by atoms with Crippen molar-refractivity contribution in [3.8, 4) is 0 Å². The fourth-order valence-corrected chi connectivity index (χ4v) is 1.44. The fourth-order valence-electron chi connectivity index (χ4n) is 1.44. The van der Waals surface area contributed by atoms with Crippen LogP contribution in [0.3, 0.4) is 0 Å². The molecule has 1 atom stereocenters. The molecule has 0 spiro atoms. The van der Waals surface area contributed by atoms with Gasteiger partial charge in [0, 0.05) is 12.1 Å². The van der Waals surface area contributed by atoms with Crippen LogP contribution in [-0.4, -0.2) is 17.0 Å². The van der Waals surface area contributed by atoms with Crippen molar-refractivity contribution >= 4 is 17.6 Å². The molecular weight excluding hydrogens is 230 g/mol. The molecule has 0 saturated heterocycles. The van der Waals surface area contributed by atoms with Crippen LogP contribution in [0.25, 0.3) is 0 Å². The predicted octanol–water partition coefficient (Wildman–Crippen LogP) is 3.01. The van der Waals surface area contributed by atoms with Gasteiger partial charge in [-0.2, -0.15) is 0 Å². The maximum absolute atomic E-state index is 11.7. The van der Waals surface area contributed by atoms with Gasteiger partial charge in [0.15, 0.2) is 0 Å². The lowest BCUT2D eigenvalue weighted by Gasteiger charge is -2.14. The highest BCUT2D eigenvalue weighted by Crippen LogP contribution is 2.16. The van der Waals surface area contributed by atoms with Crippen molar-refractivity contribution in [2.45, 2.75) is 27.2 Å². The van der Waals surface area contributed by atoms with E-state index in [0.29, 0.717) is 23.9 Å². The topological polar surface area (TPSA) is 66.4 Å². The van der Waals surface area contributed by atoms with E-state index in [9.17, 15) is 9.59 Å². The van der Waals surface area contributed by atoms with Crippen LogP contribution in [0.1, 0.15) is 37.6 Å². The van der Waals surface area contributed by atoms with Crippen LogP contribution in [0.4, 0.5) is 5.69 Å². The van der Waals surface area contributed by atoms with E-state index in [1.165, 1.54) is 12.1 Å². The highest BCUT2D eigenvalue weighted by Gasteiger charge is 2.12. The van der Waals surface area contributed by atoms with Crippen molar-refractivity contribution in [2.24, 2.45) is 11.8 Å². The minimum Gasteiger partial charge on any atom is -0.478 e. The summed E-state index contributed by atoms with van der Waals surface area (Å²) in [7, 11) is 0. The molecule has 2 N–H and O–H groups in total. The first-order valence-corrected chi connectivity index (χ1v) is 6.03. The molecule has 1 rings (SSSR count). The zero-order valence-corrected chi connectivity index (χ0v) is 10.9. The number of aromatic carboxylic acids is 1. The number of hydrogen-bond acceptors (Lipinski definition) is 2. The van der Waals surface area contributed by atoms with E-state index in [2.05, 4.69) is 19.2 Å². The summed E-state index contributed by atoms with van der Waals surface area (Å²) < 4.78 is 0. The van der Waals surface area contributed by atoms with Crippen molar-refractivity contribution in [1.29, 1.82) is 0 Å². The molecule has 0 fully saturated rings. The molecule has 98 valence electrons. The number of benzene rings is 1. The van der Waals surface area contributed by atoms with Gasteiger partial charge in [0.05, 0.1) is 5.56 Å². The Balaban J connectivity index is 2.57. The Hall–Kier alpha value is -1.84. The number of amides is 1. The molecule has 0 aliphatic carbocycles. The minimum absolute atomic E-state index is 0.0423. The smallest absolute Gasteiger partial charge is 0.335 e. The zero-order chi connectivity index (χ0) is 13.7. The number of rotatable bonds is 5. The fraction of sp³-hybridized carbons (Fsp3) is 0.429. The van der Waals surface area contributed by atoms with Crippen LogP contribution < -0.4 is 5.32 Å². The second-order valence-electron chi connectivity index (χ2n) is 4.86. The monoisotopic (exact) mass is 249 g/mol. The van der Waals surface area contributed by atoms with Crippen molar-refractivity contribution < 1.29 is 14.7 Å². The van der Waals surface area contributed by atoms with Gasteiger partial charge >= 0.3 is 5.97 Å². The Morgan fingerprint density at radius 2 is 1.72 bits per heavy atom. The summed E-state index contributed by atoms with van der Waals surface area (Å²) in [5.74, 6) is -0.228. The Morgan fingerprint density at radius 3 is 2.17 bits per heavy atom. The molecule has 4 heteroatoms. The normalized spacial score (nSPS) is 12.2. The maximum atomic E-state index is 11.7. The lowest BCUT2D eigenvalue weighted by Crippen LogP contribution is -2.17. The average molecular weight is 249 g/mol. The molecule has 1 unspecified atom stereocenters. The summed E-state index contributed by atoms with van der Waals surface area (Å²) in [6, 6.07) is 6.15. The van der Waals surface area contributed by atoms with Crippen LogP contribution >= 0.6 is 0 Å². The van der Waals surface area contributed by atoms with Crippen molar-refractivity contribution in [2.75, 3.05) is 5.32 Å². The van der Waals surface area contributed by atoms with Gasteiger partial charge in [-0.15, -0.1) is 0 Å². The van der Waals surface area contributed by atoms with Crippen LogP contribution in [0.15, 0.2) is 24.3 Å². The number of carboxylic acid groups (broad SMARTS) is 1. The Bertz CT molecular complexity index is 423. The summed E-state index contributed by atoms with van der Waals surface area (Å²) in [6.07, 6.45) is 0.471. The first kappa shape index (κ1) is 14.2. The first-order chi connectivity index (χ1) is 8.40. The molecule has 0 aromatic heterocycles. The number of hydrogen-bond donors (Lipinski definition) is 2. The Kier molecular flexibility index (Phi) is 4.89. The molecular formula is C14H19NO3. The zero-order valence-electron chi connectivity index (χ0n) is 10.9. The summed E-state index contributed by atoms with van der Waals surface area (Å²) >= 11 is 0. The standard InChI is InChI=1S/C14H19NO3/c1-9(2)10(3)8-13(16)15-12-6-4-11(5-7-12)14(17)18/h4-7,9-10H,8H2,1-3H3,(H,15,16)(H,17,18). The third-order valence-electron chi connectivity index (χ3n) is 3.06. The maximum Gasteiger partial charge on any atom is 0.335 e. The van der Waals surface area contributed by atoms with Gasteiger partial charge in [-0.1, -0.05) is 20.8 Å². The van der Waals surface area contributed by atoms with E-state index in [0.717, 1.165) is 0 Å². The second kappa shape index (κ2) is 6.19. The first-order valence-electron chi connectivity index (χ1n) is 6.03. The second-order valence-corrected chi connectivity index (χ2v) is 4.86. The lowest BCUT2D eigenvalue weighted by atomic mass is 9.94. The molecule has 0 heterocycles. The highest BCUT2D eigenvalue weighted by molar-refractivity contribution is 5.92. The SMILES string of the molecule is CC(C)C(C)CC(=O)Nc1ccc(C(=O)O)cc1. The quantitative estimate of drug-likeness (QED) is 0.843. The average Bonchev–Trinajstić information content (AvgIpc) is 2.29. The number of carbonyl (C=O) groups is 2.